The van der Waals surface area contributed by atoms with E-state index in [1.165, 1.54) is 22.7 Å². The Morgan fingerprint density at radius 3 is 1.84 bits per heavy atom. The predicted molar refractivity (Wildman–Crippen MR) is 215 cm³/mol. The van der Waals surface area contributed by atoms with Crippen LogP contribution in [0.4, 0.5) is 10.3 Å². The van der Waals surface area contributed by atoms with Gasteiger partial charge in [-0.05, 0) is 55.3 Å². The van der Waals surface area contributed by atoms with Gasteiger partial charge in [0.15, 0.2) is 10.3 Å². The van der Waals surface area contributed by atoms with Gasteiger partial charge in [-0.2, -0.15) is 35.6 Å². The number of carbonyl (C=O) groups is 2. The minimum atomic E-state index is -0.159. The second-order valence-corrected chi connectivity index (χ2v) is 10.9. The number of hydrogen-bond acceptors (Lipinski definition) is 7. The molecule has 7 nitrogen and oxygen atoms in total. The molecule has 0 atom stereocenters. The number of ether oxygens (including phenoxy) is 1. The molecule has 0 fully saturated rings. The van der Waals surface area contributed by atoms with Crippen LogP contribution in [0.5, 0.6) is 5.75 Å². The van der Waals surface area contributed by atoms with Crippen LogP contribution in [0.15, 0.2) is 84.9 Å². The van der Waals surface area contributed by atoms with E-state index in [9.17, 15) is 9.59 Å². The maximum atomic E-state index is 12.2. The molecule has 6 rings (SSSR count). The standard InChI is InChI=1S/C16H14N2O2S.C15H11N2OS.4C2H6.CH3.U/c1-10-6-8-11(9-7-10)15(19)18-16-17-14-12(20-2)4-3-5-13(14)21-16;1-10-6-2-3-7-11(10)14(18)17-15-16-12-8-4-5-9-13(12)19-15;4*1-2;;/h3-9H,1-2H3,(H,17,18,19);2-7,9H,1H3,(H,16,17,18);4*1-2H3;1H3;/q;-1;;;;;-1;+2. The van der Waals surface area contributed by atoms with E-state index in [2.05, 4.69) is 26.7 Å². The van der Waals surface area contributed by atoms with Crippen molar-refractivity contribution in [3.05, 3.63) is 121 Å². The maximum absolute atomic E-state index is 12.2. The quantitative estimate of drug-likeness (QED) is 0.168. The van der Waals surface area contributed by atoms with Gasteiger partial charge in [-0.3, -0.25) is 20.2 Å². The molecule has 0 unspecified atom stereocenters. The van der Waals surface area contributed by atoms with Crippen LogP contribution < -0.4 is 15.4 Å². The number of hydrogen-bond donors (Lipinski definition) is 2. The van der Waals surface area contributed by atoms with Crippen molar-refractivity contribution >= 4 is 65.2 Å². The number of thiazole rings is 2. The number of aryl methyl sites for hydroxylation is 2. The molecule has 0 bridgehead atoms. The van der Waals surface area contributed by atoms with Gasteiger partial charge in [0, 0.05) is 11.1 Å². The SMILES string of the molecule is CC.CC.CC.CC.COc1cccc2sc(NC(=O)c3ccc(C)cc3)nc12.Cc1ccccc1C(=O)Nc1nc2[c-]cccc2s1.[CH3-].[U+2]. The summed E-state index contributed by atoms with van der Waals surface area (Å²) in [6.07, 6.45) is 0. The van der Waals surface area contributed by atoms with Gasteiger partial charge < -0.3 is 12.2 Å². The fourth-order valence-electron chi connectivity index (χ4n) is 3.87. The van der Waals surface area contributed by atoms with Crippen molar-refractivity contribution in [1.29, 1.82) is 0 Å². The molecule has 0 radical (unpaired) electrons. The zero-order chi connectivity index (χ0) is 36.1. The van der Waals surface area contributed by atoms with Crippen molar-refractivity contribution in [2.45, 2.75) is 69.2 Å². The molecule has 0 aliphatic heterocycles. The third-order valence-electron chi connectivity index (χ3n) is 5.96. The average molecular weight is 939 g/mol. The molecule has 0 saturated carbocycles. The van der Waals surface area contributed by atoms with Crippen LogP contribution in [0.1, 0.15) is 87.2 Å². The maximum Gasteiger partial charge on any atom is 2.00 e. The van der Waals surface area contributed by atoms with Gasteiger partial charge in [0.1, 0.15) is 11.3 Å². The van der Waals surface area contributed by atoms with Gasteiger partial charge in [-0.1, -0.05) is 113 Å². The molecular formula is C40H52N4O3S2U. The number of nitrogens with one attached hydrogen (secondary N) is 2. The van der Waals surface area contributed by atoms with Crippen molar-refractivity contribution in [3.8, 4) is 5.75 Å². The number of carbonyl (C=O) groups excluding carboxylic acids is 2. The van der Waals surface area contributed by atoms with Crippen molar-refractivity contribution in [2.24, 2.45) is 0 Å². The van der Waals surface area contributed by atoms with Crippen molar-refractivity contribution < 1.29 is 45.4 Å². The van der Waals surface area contributed by atoms with Gasteiger partial charge in [-0.25, -0.2) is 9.97 Å². The molecule has 0 aliphatic rings. The molecule has 2 N–H and O–H groups in total. The van der Waals surface area contributed by atoms with Crippen molar-refractivity contribution in [2.75, 3.05) is 17.7 Å². The number of methoxy groups -OCH3 is 1. The topological polar surface area (TPSA) is 93.2 Å². The number of nitrogens with zero attached hydrogens (tertiary/aromatic N) is 2. The van der Waals surface area contributed by atoms with Crippen LogP contribution in [0.25, 0.3) is 20.4 Å². The third kappa shape index (κ3) is 14.4. The van der Waals surface area contributed by atoms with E-state index in [0.29, 0.717) is 27.1 Å². The fourth-order valence-corrected chi connectivity index (χ4v) is 5.59. The van der Waals surface area contributed by atoms with Crippen LogP contribution in [-0.2, 0) is 0 Å². The number of anilines is 2. The second-order valence-electron chi connectivity index (χ2n) is 8.82. The van der Waals surface area contributed by atoms with E-state index in [-0.39, 0.29) is 50.4 Å². The Balaban J connectivity index is 0. The number of aromatic nitrogens is 2. The Morgan fingerprint density at radius 2 is 1.24 bits per heavy atom. The van der Waals surface area contributed by atoms with E-state index >= 15 is 0 Å². The summed E-state index contributed by atoms with van der Waals surface area (Å²) in [6, 6.07) is 29.4. The number of benzene rings is 4. The molecule has 6 aromatic rings. The second kappa shape index (κ2) is 27.2. The largest absolute Gasteiger partial charge is 2.00 e. The smallest absolute Gasteiger partial charge is 0.494 e. The first-order valence-electron chi connectivity index (χ1n) is 16.4. The first-order chi connectivity index (χ1) is 23.4. The summed E-state index contributed by atoms with van der Waals surface area (Å²) in [7, 11) is 1.61. The summed E-state index contributed by atoms with van der Waals surface area (Å²) < 4.78 is 7.27. The van der Waals surface area contributed by atoms with Gasteiger partial charge in [0.05, 0.1) is 11.8 Å². The van der Waals surface area contributed by atoms with E-state index in [4.69, 9.17) is 4.74 Å². The summed E-state index contributed by atoms with van der Waals surface area (Å²) in [5.74, 6) is 0.421. The first kappa shape index (κ1) is 48.6. The summed E-state index contributed by atoms with van der Waals surface area (Å²) >= 11 is 2.88. The molecule has 266 valence electrons. The monoisotopic (exact) mass is 938 g/mol. The van der Waals surface area contributed by atoms with Crippen molar-refractivity contribution in [3.63, 3.8) is 0 Å². The zero-order valence-electron chi connectivity index (χ0n) is 31.5. The Labute approximate surface area is 331 Å². The normalized spacial score (nSPS) is 8.94. The molecular weight excluding hydrogens is 887 g/mol. The molecule has 0 aliphatic carbocycles. The summed E-state index contributed by atoms with van der Waals surface area (Å²) in [5, 5.41) is 6.84. The summed E-state index contributed by atoms with van der Waals surface area (Å²) in [4.78, 5) is 33.1. The van der Waals surface area contributed by atoms with Gasteiger partial charge in [-0.15, -0.1) is 0 Å². The molecule has 0 saturated heterocycles. The van der Waals surface area contributed by atoms with Gasteiger partial charge in [0.2, 0.25) is 0 Å². The number of amides is 2. The van der Waals surface area contributed by atoms with Gasteiger partial charge >= 0.3 is 31.1 Å². The molecule has 0 spiro atoms. The summed E-state index contributed by atoms with van der Waals surface area (Å²) in [5.41, 5.74) is 4.92. The van der Waals surface area contributed by atoms with Crippen LogP contribution in [0, 0.1) is 58.5 Å². The van der Waals surface area contributed by atoms with E-state index in [1.54, 1.807) is 19.2 Å². The van der Waals surface area contributed by atoms with Crippen LogP contribution >= 0.6 is 22.7 Å². The predicted octanol–water partition coefficient (Wildman–Crippen LogP) is 12.1. The molecule has 50 heavy (non-hydrogen) atoms. The minimum Gasteiger partial charge on any atom is -0.494 e. The van der Waals surface area contributed by atoms with Crippen LogP contribution in [0.3, 0.4) is 0 Å². The van der Waals surface area contributed by atoms with Crippen molar-refractivity contribution in [1.82, 2.24) is 9.97 Å². The van der Waals surface area contributed by atoms with E-state index < -0.39 is 0 Å². The van der Waals surface area contributed by atoms with Crippen LogP contribution in [0.2, 0.25) is 0 Å². The van der Waals surface area contributed by atoms with Crippen LogP contribution in [-0.4, -0.2) is 28.9 Å². The van der Waals surface area contributed by atoms with Gasteiger partial charge in [0.25, 0.3) is 11.8 Å². The molecule has 2 amide bonds. The Kier molecular flexibility index (Phi) is 26.4. The average Bonchev–Trinajstić information content (AvgIpc) is 3.75. The summed E-state index contributed by atoms with van der Waals surface area (Å²) in [6.45, 7) is 19.9. The third-order valence-corrected chi connectivity index (χ3v) is 7.84. The number of para-hydroxylation sites is 2. The van der Waals surface area contributed by atoms with E-state index in [1.807, 2.05) is 142 Å². The first-order valence-corrected chi connectivity index (χ1v) is 18.0. The number of fused-ring (bicyclic) bond motifs is 2. The Morgan fingerprint density at radius 1 is 0.680 bits per heavy atom. The fraction of sp³-hybridized carbons (Fsp3) is 0.275. The van der Waals surface area contributed by atoms with E-state index in [0.717, 1.165) is 31.6 Å². The molecule has 2 heterocycles. The Bertz CT molecular complexity index is 1790. The molecule has 4 aromatic carbocycles. The Hall–Kier alpha value is -3.55. The number of rotatable bonds is 5. The zero-order valence-corrected chi connectivity index (χ0v) is 37.3. The molecule has 10 heteroatoms. The molecule has 2 aromatic heterocycles. The minimum absolute atomic E-state index is 0.